The summed E-state index contributed by atoms with van der Waals surface area (Å²) < 4.78 is 59.4. The molecular weight excluding hydrogens is 440 g/mol. The number of hydrogen-bond acceptors (Lipinski definition) is 6. The van der Waals surface area contributed by atoms with E-state index in [1.165, 1.54) is 24.3 Å². The summed E-state index contributed by atoms with van der Waals surface area (Å²) in [4.78, 5) is 12.7. The van der Waals surface area contributed by atoms with Gasteiger partial charge >= 0.3 is 5.97 Å². The average Bonchev–Trinajstić information content (AvgIpc) is 3.00. The number of aromatic nitrogens is 1. The number of esters is 1. The molecule has 1 heterocycles. The molecule has 0 bridgehead atoms. The van der Waals surface area contributed by atoms with Gasteiger partial charge in [-0.1, -0.05) is 39.3 Å². The predicted octanol–water partition coefficient (Wildman–Crippen LogP) is 3.81. The van der Waals surface area contributed by atoms with Crippen LogP contribution >= 0.6 is 0 Å². The molecule has 0 radical (unpaired) electrons. The minimum absolute atomic E-state index is 0.0266. The molecule has 172 valence electrons. The maximum absolute atomic E-state index is 13.0. The Morgan fingerprint density at radius 2 is 1.77 bits per heavy atom. The van der Waals surface area contributed by atoms with Gasteiger partial charge in [-0.2, -0.15) is 0 Å². The lowest BCUT2D eigenvalue weighted by Crippen LogP contribution is -2.18. The fourth-order valence-electron chi connectivity index (χ4n) is 3.26. The molecule has 10 heteroatoms. The van der Waals surface area contributed by atoms with Crippen LogP contribution in [0.3, 0.4) is 0 Å². The first-order valence-electron chi connectivity index (χ1n) is 10.2. The van der Waals surface area contributed by atoms with Crippen LogP contribution in [0.2, 0.25) is 0 Å². The van der Waals surface area contributed by atoms with Gasteiger partial charge in [0, 0.05) is 16.8 Å². The van der Waals surface area contributed by atoms with Crippen molar-refractivity contribution in [3.05, 3.63) is 42.1 Å². The molecule has 2 aromatic rings. The Bertz CT molecular complexity index is 1160. The minimum atomic E-state index is -3.72. The van der Waals surface area contributed by atoms with E-state index in [0.717, 1.165) is 10.4 Å². The van der Waals surface area contributed by atoms with Gasteiger partial charge in [-0.3, -0.25) is 4.72 Å². The van der Waals surface area contributed by atoms with Crippen molar-refractivity contribution in [1.82, 2.24) is 3.97 Å². The van der Waals surface area contributed by atoms with E-state index < -0.39 is 26.0 Å². The second-order valence-corrected chi connectivity index (χ2v) is 11.1. The van der Waals surface area contributed by atoms with Crippen LogP contribution in [0, 0.1) is 6.92 Å². The Morgan fingerprint density at radius 1 is 1.13 bits per heavy atom. The van der Waals surface area contributed by atoms with E-state index in [-0.39, 0.29) is 35.1 Å². The third-order valence-corrected chi connectivity index (χ3v) is 7.97. The Morgan fingerprint density at radius 3 is 2.39 bits per heavy atom. The molecule has 0 saturated carbocycles. The van der Waals surface area contributed by atoms with Crippen LogP contribution in [0.1, 0.15) is 55.6 Å². The first-order chi connectivity index (χ1) is 14.6. The lowest BCUT2D eigenvalue weighted by atomic mass is 10.1. The number of carbonyl (C=O) groups is 1. The fraction of sp³-hybridized carbons (Fsp3) is 0.476. The van der Waals surface area contributed by atoms with Crippen molar-refractivity contribution in [3.8, 4) is 0 Å². The highest BCUT2D eigenvalue weighted by Crippen LogP contribution is 2.31. The number of nitrogens with one attached hydrogen (secondary N) is 1. The van der Waals surface area contributed by atoms with Crippen molar-refractivity contribution in [2.45, 2.75) is 46.5 Å². The molecule has 0 saturated heterocycles. The van der Waals surface area contributed by atoms with Crippen LogP contribution in [0.4, 0.5) is 5.69 Å². The van der Waals surface area contributed by atoms with Crippen LogP contribution in [-0.4, -0.2) is 44.9 Å². The number of fused-ring (bicyclic) bond motifs is 1. The van der Waals surface area contributed by atoms with Gasteiger partial charge in [0.15, 0.2) is 0 Å². The number of hydrogen-bond donors (Lipinski definition) is 1. The van der Waals surface area contributed by atoms with Crippen LogP contribution < -0.4 is 4.72 Å². The predicted molar refractivity (Wildman–Crippen MR) is 124 cm³/mol. The molecule has 0 aliphatic rings. The van der Waals surface area contributed by atoms with Crippen molar-refractivity contribution in [1.29, 1.82) is 0 Å². The molecule has 0 aliphatic carbocycles. The minimum Gasteiger partial charge on any atom is -0.458 e. The number of benzene rings is 1. The number of carbonyl (C=O) groups excluding carboxylic acids is 1. The highest BCUT2D eigenvalue weighted by atomic mass is 32.2. The molecule has 1 aromatic carbocycles. The molecule has 0 fully saturated rings. The van der Waals surface area contributed by atoms with Crippen molar-refractivity contribution >= 4 is 42.6 Å². The molecule has 0 spiro atoms. The molecule has 8 nitrogen and oxygen atoms in total. The summed E-state index contributed by atoms with van der Waals surface area (Å²) in [5.74, 6) is -0.792. The number of nitrogens with zero attached hydrogens (tertiary/aromatic N) is 1. The zero-order valence-corrected chi connectivity index (χ0v) is 19.8. The molecule has 0 atom stereocenters. The SMILES string of the molecule is C=CCOC(=O)c1c(C)n(S(=O)(=O)CCCC)c2ccc(NS(=O)(=O)CCCC)cc12. The van der Waals surface area contributed by atoms with Gasteiger partial charge in [-0.05, 0) is 38.0 Å². The van der Waals surface area contributed by atoms with Gasteiger partial charge in [-0.15, -0.1) is 0 Å². The maximum atomic E-state index is 13.0. The Balaban J connectivity index is 2.65. The van der Waals surface area contributed by atoms with E-state index >= 15 is 0 Å². The van der Waals surface area contributed by atoms with E-state index in [1.807, 2.05) is 13.8 Å². The number of ether oxygens (including phenoxy) is 1. The molecule has 31 heavy (non-hydrogen) atoms. The molecule has 2 rings (SSSR count). The standard InChI is InChI=1S/C21H30N2O6S2/c1-5-8-13-30(25,26)22-17-10-11-19-18(15-17)20(21(24)29-12-7-3)16(4)23(19)31(27,28)14-9-6-2/h7,10-11,15,22H,3,5-6,8-9,12-14H2,1-2,4H3. The van der Waals surface area contributed by atoms with Crippen LogP contribution in [0.15, 0.2) is 30.9 Å². The first kappa shape index (κ1) is 24.9. The largest absolute Gasteiger partial charge is 0.458 e. The lowest BCUT2D eigenvalue weighted by Gasteiger charge is -2.10. The second-order valence-electron chi connectivity index (χ2n) is 7.29. The lowest BCUT2D eigenvalue weighted by molar-refractivity contribution is 0.0551. The zero-order valence-electron chi connectivity index (χ0n) is 18.2. The fourth-order valence-corrected chi connectivity index (χ4v) is 6.32. The second kappa shape index (κ2) is 10.3. The molecule has 0 aliphatic heterocycles. The topological polar surface area (TPSA) is 112 Å². The summed E-state index contributed by atoms with van der Waals surface area (Å²) in [5.41, 5.74) is 0.873. The Kier molecular flexibility index (Phi) is 8.30. The monoisotopic (exact) mass is 470 g/mol. The van der Waals surface area contributed by atoms with E-state index in [0.29, 0.717) is 30.2 Å². The normalized spacial score (nSPS) is 12.1. The van der Waals surface area contributed by atoms with Gasteiger partial charge in [0.1, 0.15) is 6.61 Å². The molecule has 1 aromatic heterocycles. The first-order valence-corrected chi connectivity index (χ1v) is 13.5. The quantitative estimate of drug-likeness (QED) is 0.373. The van der Waals surface area contributed by atoms with Crippen molar-refractivity contribution in [2.75, 3.05) is 22.8 Å². The van der Waals surface area contributed by atoms with Crippen molar-refractivity contribution in [3.63, 3.8) is 0 Å². The van der Waals surface area contributed by atoms with Gasteiger partial charge in [0.25, 0.3) is 0 Å². The van der Waals surface area contributed by atoms with Gasteiger partial charge in [0.05, 0.1) is 22.6 Å². The van der Waals surface area contributed by atoms with Gasteiger partial charge in [0.2, 0.25) is 20.0 Å². The number of anilines is 1. The Hall–Kier alpha value is -2.33. The van der Waals surface area contributed by atoms with Crippen LogP contribution in [0.5, 0.6) is 0 Å². The van der Waals surface area contributed by atoms with Crippen molar-refractivity contribution in [2.24, 2.45) is 0 Å². The highest BCUT2D eigenvalue weighted by molar-refractivity contribution is 7.92. The molecule has 1 N–H and O–H groups in total. The smallest absolute Gasteiger partial charge is 0.340 e. The Labute approximate surface area is 184 Å². The van der Waals surface area contributed by atoms with E-state index in [1.54, 1.807) is 6.92 Å². The highest BCUT2D eigenvalue weighted by Gasteiger charge is 2.27. The summed E-state index contributed by atoms with van der Waals surface area (Å²) in [6, 6.07) is 4.48. The average molecular weight is 471 g/mol. The summed E-state index contributed by atoms with van der Waals surface area (Å²) >= 11 is 0. The third kappa shape index (κ3) is 5.88. The van der Waals surface area contributed by atoms with E-state index in [9.17, 15) is 21.6 Å². The number of sulfonamides is 1. The summed E-state index contributed by atoms with van der Waals surface area (Å²) in [5, 5.41) is 0.308. The maximum Gasteiger partial charge on any atom is 0.340 e. The third-order valence-electron chi connectivity index (χ3n) is 4.76. The van der Waals surface area contributed by atoms with Crippen molar-refractivity contribution < 1.29 is 26.4 Å². The van der Waals surface area contributed by atoms with Gasteiger partial charge < -0.3 is 4.74 Å². The number of rotatable bonds is 12. The summed E-state index contributed by atoms with van der Waals surface area (Å²) in [6.45, 7) is 8.81. The number of unbranched alkanes of at least 4 members (excludes halogenated alkanes) is 2. The molecule has 0 unspecified atom stereocenters. The molecule has 0 amide bonds. The van der Waals surface area contributed by atoms with Crippen LogP contribution in [-0.2, 0) is 24.8 Å². The molecular formula is C21H30N2O6S2. The van der Waals surface area contributed by atoms with Gasteiger partial charge in [-0.25, -0.2) is 25.6 Å². The summed E-state index contributed by atoms with van der Waals surface area (Å²) in [6.07, 6.45) is 3.85. The van der Waals surface area contributed by atoms with E-state index in [4.69, 9.17) is 4.74 Å². The zero-order chi connectivity index (χ0) is 23.2. The van der Waals surface area contributed by atoms with E-state index in [2.05, 4.69) is 11.3 Å². The van der Waals surface area contributed by atoms with Crippen LogP contribution in [0.25, 0.3) is 10.9 Å². The summed E-state index contributed by atoms with van der Waals surface area (Å²) in [7, 11) is -7.28.